The van der Waals surface area contributed by atoms with Gasteiger partial charge >= 0.3 is 0 Å². The van der Waals surface area contributed by atoms with Crippen LogP contribution in [0, 0.1) is 5.92 Å². The number of hydrogen-bond acceptors (Lipinski definition) is 6. The quantitative estimate of drug-likeness (QED) is 0.532. The largest absolute Gasteiger partial charge is 0.497 e. The number of methoxy groups -OCH3 is 1. The van der Waals surface area contributed by atoms with E-state index in [1.165, 1.54) is 0 Å². The predicted octanol–water partition coefficient (Wildman–Crippen LogP) is 2.36. The van der Waals surface area contributed by atoms with E-state index in [9.17, 15) is 14.4 Å². The third-order valence-corrected chi connectivity index (χ3v) is 7.13. The van der Waals surface area contributed by atoms with Gasteiger partial charge in [0.15, 0.2) is 5.78 Å². The molecule has 1 aliphatic carbocycles. The van der Waals surface area contributed by atoms with Crippen molar-refractivity contribution in [3.8, 4) is 5.75 Å². The zero-order valence-corrected chi connectivity index (χ0v) is 22.2. The summed E-state index contributed by atoms with van der Waals surface area (Å²) in [5.74, 6) is -0.000580. The van der Waals surface area contributed by atoms with Gasteiger partial charge in [0, 0.05) is 44.8 Å². The lowest BCUT2D eigenvalue weighted by molar-refractivity contribution is -0.129. The molecule has 2 unspecified atom stereocenters. The number of likely N-dealkylation sites (N-methyl/N-ethyl adjacent to an activating group) is 1. The number of hydrogen-bond donors (Lipinski definition) is 2. The van der Waals surface area contributed by atoms with Crippen molar-refractivity contribution in [3.05, 3.63) is 84.0 Å². The van der Waals surface area contributed by atoms with Gasteiger partial charge in [0.05, 0.1) is 19.6 Å². The Morgan fingerprint density at radius 1 is 1.16 bits per heavy atom. The van der Waals surface area contributed by atoms with Crippen LogP contribution in [0.3, 0.4) is 0 Å². The molecule has 200 valence electrons. The fraction of sp³-hybridized carbons (Fsp3) is 0.367. The number of ether oxygens (including phenoxy) is 1. The molecule has 1 saturated heterocycles. The summed E-state index contributed by atoms with van der Waals surface area (Å²) in [4.78, 5) is 43.3. The van der Waals surface area contributed by atoms with Gasteiger partial charge in [-0.3, -0.25) is 19.3 Å². The van der Waals surface area contributed by atoms with Crippen molar-refractivity contribution >= 4 is 23.3 Å². The Balaban J connectivity index is 1.48. The molecular weight excluding hydrogens is 480 g/mol. The van der Waals surface area contributed by atoms with Crippen LogP contribution in [0.4, 0.5) is 5.69 Å². The highest BCUT2D eigenvalue weighted by atomic mass is 16.5. The number of allylic oxidation sites excluding steroid dienone is 3. The van der Waals surface area contributed by atoms with Crippen LogP contribution in [0.1, 0.15) is 12.5 Å². The number of carbonyl (C=O) groups is 3. The van der Waals surface area contributed by atoms with E-state index in [0.29, 0.717) is 30.9 Å². The van der Waals surface area contributed by atoms with Crippen molar-refractivity contribution in [2.24, 2.45) is 5.92 Å². The molecule has 0 radical (unpaired) electrons. The van der Waals surface area contributed by atoms with E-state index >= 15 is 0 Å². The first kappa shape index (κ1) is 27.3. The minimum Gasteiger partial charge on any atom is -0.497 e. The number of carbonyl (C=O) groups excluding carboxylic acids is 3. The lowest BCUT2D eigenvalue weighted by atomic mass is 9.87. The molecule has 8 nitrogen and oxygen atoms in total. The van der Waals surface area contributed by atoms with Crippen molar-refractivity contribution in [2.75, 3.05) is 45.2 Å². The van der Waals surface area contributed by atoms with E-state index in [0.717, 1.165) is 17.7 Å². The molecule has 3 atom stereocenters. The van der Waals surface area contributed by atoms with Gasteiger partial charge in [-0.15, -0.1) is 0 Å². The normalized spacial score (nSPS) is 20.4. The van der Waals surface area contributed by atoms with Crippen molar-refractivity contribution in [1.29, 1.82) is 0 Å². The third-order valence-electron chi connectivity index (χ3n) is 7.13. The number of benzene rings is 2. The summed E-state index contributed by atoms with van der Waals surface area (Å²) in [7, 11) is 3.30. The maximum absolute atomic E-state index is 13.6. The molecule has 0 spiro atoms. The topological polar surface area (TPSA) is 91.0 Å². The van der Waals surface area contributed by atoms with E-state index in [4.69, 9.17) is 4.74 Å². The molecule has 1 fully saturated rings. The molecule has 4 rings (SSSR count). The number of amides is 2. The Morgan fingerprint density at radius 3 is 2.58 bits per heavy atom. The molecule has 2 aliphatic rings. The Hall–Kier alpha value is -3.75. The zero-order valence-electron chi connectivity index (χ0n) is 22.2. The van der Waals surface area contributed by atoms with Crippen LogP contribution < -0.4 is 20.3 Å². The first-order valence-electron chi connectivity index (χ1n) is 13.0. The predicted molar refractivity (Wildman–Crippen MR) is 148 cm³/mol. The Bertz CT molecular complexity index is 1190. The molecule has 2 N–H and O–H groups in total. The molecule has 2 aromatic rings. The van der Waals surface area contributed by atoms with Crippen LogP contribution in [0.15, 0.2) is 78.4 Å². The molecule has 0 aromatic heterocycles. The monoisotopic (exact) mass is 516 g/mol. The summed E-state index contributed by atoms with van der Waals surface area (Å²) < 4.78 is 5.23. The van der Waals surface area contributed by atoms with Gasteiger partial charge in [-0.25, -0.2) is 0 Å². The molecule has 2 aromatic carbocycles. The van der Waals surface area contributed by atoms with E-state index in [-0.39, 0.29) is 36.1 Å². The van der Waals surface area contributed by atoms with Crippen LogP contribution in [-0.4, -0.2) is 74.9 Å². The number of ketones is 1. The molecule has 8 heteroatoms. The summed E-state index contributed by atoms with van der Waals surface area (Å²) in [5, 5.41) is 6.35. The van der Waals surface area contributed by atoms with Crippen molar-refractivity contribution in [2.45, 2.75) is 25.4 Å². The zero-order chi connectivity index (χ0) is 27.1. The second-order valence-corrected chi connectivity index (χ2v) is 9.82. The molecule has 0 saturated carbocycles. The van der Waals surface area contributed by atoms with Gasteiger partial charge < -0.3 is 20.3 Å². The highest BCUT2D eigenvalue weighted by molar-refractivity contribution is 5.99. The molecule has 1 aliphatic heterocycles. The first-order valence-corrected chi connectivity index (χ1v) is 13.0. The average Bonchev–Trinajstić information content (AvgIpc) is 2.93. The molecule has 1 heterocycles. The van der Waals surface area contributed by atoms with Crippen LogP contribution >= 0.6 is 0 Å². The third kappa shape index (κ3) is 6.76. The number of anilines is 1. The SMILES string of the molecule is COc1ccc(N(C)C(=O)[C@H](Cc2ccccc2)NC(=O)CN2CCNCC2C2C=CC(C)=CC2=O)cc1. The standard InChI is InChI=1S/C30H36N4O4/c1-21-9-14-25(28(35)17-21)27-19-31-15-16-34(27)20-29(36)32-26(18-22-7-5-4-6-8-22)30(37)33(2)23-10-12-24(38-3)13-11-23/h4-14,17,25-27,31H,15-16,18-20H2,1-3H3,(H,32,36)/t25?,26-,27?/m0/s1. The van der Waals surface area contributed by atoms with Gasteiger partial charge in [-0.2, -0.15) is 0 Å². The minimum atomic E-state index is -0.750. The lowest BCUT2D eigenvalue weighted by Crippen LogP contribution is -2.59. The number of piperazine rings is 1. The summed E-state index contributed by atoms with van der Waals surface area (Å²) in [5.41, 5.74) is 2.59. The summed E-state index contributed by atoms with van der Waals surface area (Å²) in [6.45, 7) is 4.00. The van der Waals surface area contributed by atoms with Gasteiger partial charge in [0.25, 0.3) is 0 Å². The van der Waals surface area contributed by atoms with Crippen molar-refractivity contribution in [1.82, 2.24) is 15.5 Å². The van der Waals surface area contributed by atoms with E-state index in [2.05, 4.69) is 10.6 Å². The van der Waals surface area contributed by atoms with E-state index < -0.39 is 6.04 Å². The first-order chi connectivity index (χ1) is 18.4. The van der Waals surface area contributed by atoms with Crippen molar-refractivity contribution in [3.63, 3.8) is 0 Å². The summed E-state index contributed by atoms with van der Waals surface area (Å²) in [6.07, 6.45) is 5.93. The average molecular weight is 517 g/mol. The van der Waals surface area contributed by atoms with Gasteiger partial charge in [-0.05, 0) is 48.4 Å². The smallest absolute Gasteiger partial charge is 0.249 e. The molecular formula is C30H36N4O4. The van der Waals surface area contributed by atoms with Gasteiger partial charge in [-0.1, -0.05) is 42.5 Å². The second kappa shape index (κ2) is 12.7. The fourth-order valence-electron chi connectivity index (χ4n) is 5.00. The van der Waals surface area contributed by atoms with E-state index in [1.807, 2.05) is 66.4 Å². The highest BCUT2D eigenvalue weighted by Crippen LogP contribution is 2.22. The Kier molecular flexibility index (Phi) is 9.10. The minimum absolute atomic E-state index is 0.0577. The highest BCUT2D eigenvalue weighted by Gasteiger charge is 2.35. The van der Waals surface area contributed by atoms with Crippen LogP contribution in [-0.2, 0) is 20.8 Å². The lowest BCUT2D eigenvalue weighted by Gasteiger charge is -2.39. The fourth-order valence-corrected chi connectivity index (χ4v) is 5.00. The Labute approximate surface area is 224 Å². The second-order valence-electron chi connectivity index (χ2n) is 9.82. The summed E-state index contributed by atoms with van der Waals surface area (Å²) >= 11 is 0. The molecule has 38 heavy (non-hydrogen) atoms. The number of nitrogens with zero attached hydrogens (tertiary/aromatic N) is 2. The van der Waals surface area contributed by atoms with E-state index in [1.54, 1.807) is 37.3 Å². The maximum atomic E-state index is 13.6. The summed E-state index contributed by atoms with van der Waals surface area (Å²) in [6, 6.07) is 16.0. The van der Waals surface area contributed by atoms with Crippen molar-refractivity contribution < 1.29 is 19.1 Å². The van der Waals surface area contributed by atoms with Gasteiger partial charge in [0.2, 0.25) is 11.8 Å². The number of nitrogens with one attached hydrogen (secondary N) is 2. The molecule has 2 amide bonds. The van der Waals surface area contributed by atoms with Crippen LogP contribution in [0.25, 0.3) is 0 Å². The van der Waals surface area contributed by atoms with Gasteiger partial charge in [0.1, 0.15) is 11.8 Å². The maximum Gasteiger partial charge on any atom is 0.249 e. The Morgan fingerprint density at radius 2 is 1.89 bits per heavy atom. The number of rotatable bonds is 9. The van der Waals surface area contributed by atoms with Crippen LogP contribution in [0.5, 0.6) is 5.75 Å². The van der Waals surface area contributed by atoms with Crippen LogP contribution in [0.2, 0.25) is 0 Å². The molecule has 0 bridgehead atoms.